The highest BCUT2D eigenvalue weighted by Crippen LogP contribution is 2.26. The van der Waals surface area contributed by atoms with E-state index in [1.165, 1.54) is 0 Å². The molecule has 1 heterocycles. The van der Waals surface area contributed by atoms with Gasteiger partial charge in [0, 0.05) is 22.6 Å². The van der Waals surface area contributed by atoms with Crippen LogP contribution in [0.3, 0.4) is 0 Å². The molecule has 0 bridgehead atoms. The molecule has 2 aromatic carbocycles. The van der Waals surface area contributed by atoms with Gasteiger partial charge in [0.25, 0.3) is 5.91 Å². The summed E-state index contributed by atoms with van der Waals surface area (Å²) >= 11 is 3.11. The topological polar surface area (TPSA) is 76.1 Å². The molecule has 0 aliphatic rings. The van der Waals surface area contributed by atoms with Crippen LogP contribution in [0, 0.1) is 0 Å². The molecular formula is C20H20N2O3S3. The number of benzene rings is 2. The highest BCUT2D eigenvalue weighted by atomic mass is 32.2. The van der Waals surface area contributed by atoms with Crippen LogP contribution >= 0.6 is 23.1 Å². The van der Waals surface area contributed by atoms with Crippen molar-refractivity contribution in [3.8, 4) is 0 Å². The second-order valence-electron chi connectivity index (χ2n) is 6.01. The number of hydrogen-bond acceptors (Lipinski definition) is 6. The lowest BCUT2D eigenvalue weighted by molar-refractivity contribution is 0.0950. The summed E-state index contributed by atoms with van der Waals surface area (Å²) in [6.45, 7) is 0.302. The number of thioether (sulfide) groups is 1. The summed E-state index contributed by atoms with van der Waals surface area (Å²) in [4.78, 5) is 18.0. The second-order valence-corrected chi connectivity index (χ2v) is 9.85. The molecule has 0 saturated heterocycles. The number of amides is 1. The van der Waals surface area contributed by atoms with Crippen molar-refractivity contribution in [1.29, 1.82) is 0 Å². The van der Waals surface area contributed by atoms with Crippen LogP contribution in [0.2, 0.25) is 0 Å². The minimum Gasteiger partial charge on any atom is -0.352 e. The number of sulfone groups is 1. The molecule has 8 heteroatoms. The molecule has 0 aliphatic heterocycles. The van der Waals surface area contributed by atoms with Crippen LogP contribution in [0.4, 0.5) is 0 Å². The van der Waals surface area contributed by atoms with Crippen molar-refractivity contribution in [3.63, 3.8) is 0 Å². The first kappa shape index (κ1) is 20.6. The summed E-state index contributed by atoms with van der Waals surface area (Å²) in [5.41, 5.74) is 3.36. The molecule has 1 N–H and O–H groups in total. The molecule has 0 atom stereocenters. The van der Waals surface area contributed by atoms with E-state index in [2.05, 4.69) is 10.3 Å². The van der Waals surface area contributed by atoms with Gasteiger partial charge in [0.15, 0.2) is 9.84 Å². The summed E-state index contributed by atoms with van der Waals surface area (Å²) in [6.07, 6.45) is 0.358. The molecule has 146 valence electrons. The Hall–Kier alpha value is -2.16. The Morgan fingerprint density at radius 3 is 2.57 bits per heavy atom. The summed E-state index contributed by atoms with van der Waals surface area (Å²) < 4.78 is 24.6. The summed E-state index contributed by atoms with van der Waals surface area (Å²) in [5, 5.41) is 4.82. The van der Waals surface area contributed by atoms with Gasteiger partial charge < -0.3 is 5.32 Å². The zero-order valence-electron chi connectivity index (χ0n) is 15.1. The van der Waals surface area contributed by atoms with E-state index in [-0.39, 0.29) is 11.7 Å². The van der Waals surface area contributed by atoms with Gasteiger partial charge in [0.1, 0.15) is 0 Å². The summed E-state index contributed by atoms with van der Waals surface area (Å²) in [6, 6.07) is 15.8. The molecule has 0 spiro atoms. The van der Waals surface area contributed by atoms with Crippen LogP contribution in [0.25, 0.3) is 0 Å². The lowest BCUT2D eigenvalue weighted by Crippen LogP contribution is -2.26. The largest absolute Gasteiger partial charge is 0.352 e. The van der Waals surface area contributed by atoms with E-state index in [1.54, 1.807) is 65.0 Å². The number of nitrogens with zero attached hydrogens (tertiary/aromatic N) is 1. The highest BCUT2D eigenvalue weighted by molar-refractivity contribution is 7.98. The number of rotatable bonds is 9. The van der Waals surface area contributed by atoms with Crippen molar-refractivity contribution >= 4 is 38.8 Å². The average Bonchev–Trinajstić information content (AvgIpc) is 3.24. The van der Waals surface area contributed by atoms with Gasteiger partial charge in [0.05, 0.1) is 27.4 Å². The quantitative estimate of drug-likeness (QED) is 0.408. The van der Waals surface area contributed by atoms with Crippen LogP contribution in [0.1, 0.15) is 22.5 Å². The maximum atomic E-state index is 12.5. The summed E-state index contributed by atoms with van der Waals surface area (Å²) in [5.74, 6) is 0.499. The maximum absolute atomic E-state index is 12.5. The molecule has 0 radical (unpaired) electrons. The third-order valence-electron chi connectivity index (χ3n) is 3.97. The van der Waals surface area contributed by atoms with E-state index in [0.29, 0.717) is 29.2 Å². The third-order valence-corrected chi connectivity index (χ3v) is 7.53. The van der Waals surface area contributed by atoms with Gasteiger partial charge in [0.2, 0.25) is 0 Å². The van der Waals surface area contributed by atoms with Gasteiger partial charge in [-0.2, -0.15) is 0 Å². The van der Waals surface area contributed by atoms with Crippen LogP contribution in [0.5, 0.6) is 0 Å². The van der Waals surface area contributed by atoms with E-state index in [1.807, 2.05) is 23.6 Å². The Morgan fingerprint density at radius 2 is 1.82 bits per heavy atom. The van der Waals surface area contributed by atoms with Gasteiger partial charge >= 0.3 is 0 Å². The SMILES string of the molecule is O=C(NCCCS(=O)(=O)c1ccccc1)c1ccccc1SCc1cscn1. The van der Waals surface area contributed by atoms with Crippen molar-refractivity contribution in [2.45, 2.75) is 22.0 Å². The van der Waals surface area contributed by atoms with E-state index in [4.69, 9.17) is 0 Å². The second kappa shape index (κ2) is 9.86. The summed E-state index contributed by atoms with van der Waals surface area (Å²) in [7, 11) is -3.33. The van der Waals surface area contributed by atoms with Crippen molar-refractivity contribution in [2.24, 2.45) is 0 Å². The first-order chi connectivity index (χ1) is 13.6. The van der Waals surface area contributed by atoms with Crippen LogP contribution in [-0.4, -0.2) is 31.6 Å². The van der Waals surface area contributed by atoms with Gasteiger partial charge in [-0.05, 0) is 30.7 Å². The van der Waals surface area contributed by atoms with Crippen molar-refractivity contribution in [2.75, 3.05) is 12.3 Å². The fourth-order valence-corrected chi connectivity index (χ4v) is 5.49. The Morgan fingerprint density at radius 1 is 1.07 bits per heavy atom. The molecule has 1 aromatic heterocycles. The average molecular weight is 433 g/mol. The highest BCUT2D eigenvalue weighted by Gasteiger charge is 2.15. The van der Waals surface area contributed by atoms with E-state index in [9.17, 15) is 13.2 Å². The lowest BCUT2D eigenvalue weighted by atomic mass is 10.2. The van der Waals surface area contributed by atoms with Crippen molar-refractivity contribution < 1.29 is 13.2 Å². The first-order valence-electron chi connectivity index (χ1n) is 8.71. The zero-order chi connectivity index (χ0) is 19.8. The van der Waals surface area contributed by atoms with Crippen molar-refractivity contribution in [1.82, 2.24) is 10.3 Å². The zero-order valence-corrected chi connectivity index (χ0v) is 17.5. The molecule has 5 nitrogen and oxygen atoms in total. The molecule has 0 unspecified atom stereocenters. The van der Waals surface area contributed by atoms with Crippen LogP contribution < -0.4 is 5.32 Å². The number of aromatic nitrogens is 1. The molecule has 0 aliphatic carbocycles. The number of hydrogen-bond donors (Lipinski definition) is 1. The Bertz CT molecular complexity index is 1000. The van der Waals surface area contributed by atoms with Gasteiger partial charge in [-0.25, -0.2) is 13.4 Å². The van der Waals surface area contributed by atoms with Crippen molar-refractivity contribution in [3.05, 3.63) is 76.7 Å². The number of nitrogens with one attached hydrogen (secondary N) is 1. The lowest BCUT2D eigenvalue weighted by Gasteiger charge is -2.10. The first-order valence-corrected chi connectivity index (χ1v) is 12.3. The molecular weight excluding hydrogens is 412 g/mol. The normalized spacial score (nSPS) is 11.3. The van der Waals surface area contributed by atoms with E-state index < -0.39 is 9.84 Å². The molecule has 0 saturated carbocycles. The Kier molecular flexibility index (Phi) is 7.24. The minimum absolute atomic E-state index is 0.00246. The fraction of sp³-hybridized carbons (Fsp3) is 0.200. The molecule has 28 heavy (non-hydrogen) atoms. The van der Waals surface area contributed by atoms with Gasteiger partial charge in [-0.1, -0.05) is 30.3 Å². The standard InChI is InChI=1S/C20H20N2O3S3/c23-20(21-11-6-12-28(24,25)17-7-2-1-3-8-17)18-9-4-5-10-19(18)27-14-16-13-26-15-22-16/h1-5,7-10,13,15H,6,11-12,14H2,(H,21,23). The predicted molar refractivity (Wildman–Crippen MR) is 114 cm³/mol. The Labute approximate surface area is 173 Å². The van der Waals surface area contributed by atoms with Gasteiger partial charge in [-0.15, -0.1) is 23.1 Å². The minimum atomic E-state index is -3.33. The Balaban J connectivity index is 1.52. The number of thiazole rings is 1. The van der Waals surface area contributed by atoms with E-state index >= 15 is 0 Å². The smallest absolute Gasteiger partial charge is 0.252 e. The van der Waals surface area contributed by atoms with Crippen LogP contribution in [-0.2, 0) is 15.6 Å². The fourth-order valence-electron chi connectivity index (χ4n) is 2.55. The molecule has 3 rings (SSSR count). The van der Waals surface area contributed by atoms with Crippen LogP contribution in [0.15, 0.2) is 75.3 Å². The molecule has 3 aromatic rings. The number of carbonyl (C=O) groups excluding carboxylic acids is 1. The van der Waals surface area contributed by atoms with E-state index in [0.717, 1.165) is 10.6 Å². The third kappa shape index (κ3) is 5.67. The molecule has 1 amide bonds. The predicted octanol–water partition coefficient (Wildman–Crippen LogP) is 4.03. The maximum Gasteiger partial charge on any atom is 0.252 e. The number of carbonyl (C=O) groups is 1. The van der Waals surface area contributed by atoms with Gasteiger partial charge in [-0.3, -0.25) is 4.79 Å². The monoisotopic (exact) mass is 432 g/mol. The molecule has 0 fully saturated rings.